The zero-order valence-electron chi connectivity index (χ0n) is 24.1. The van der Waals surface area contributed by atoms with E-state index in [1.54, 1.807) is 25.1 Å². The molecule has 0 unspecified atom stereocenters. The van der Waals surface area contributed by atoms with Crippen molar-refractivity contribution in [3.63, 3.8) is 0 Å². The Morgan fingerprint density at radius 2 is 1.71 bits per heavy atom. The van der Waals surface area contributed by atoms with Gasteiger partial charge in [0.05, 0.1) is 47.9 Å². The van der Waals surface area contributed by atoms with Gasteiger partial charge in [0.15, 0.2) is 11.4 Å². The summed E-state index contributed by atoms with van der Waals surface area (Å²) < 4.78 is 33.4. The molecule has 0 radical (unpaired) electrons. The number of amides is 2. The summed E-state index contributed by atoms with van der Waals surface area (Å²) in [6.07, 6.45) is 7.14. The highest BCUT2D eigenvalue weighted by molar-refractivity contribution is 7.92. The second-order valence-electron chi connectivity index (χ2n) is 11.0. The molecule has 1 aliphatic rings. The van der Waals surface area contributed by atoms with Crippen molar-refractivity contribution in [2.45, 2.75) is 52.4 Å². The summed E-state index contributed by atoms with van der Waals surface area (Å²) in [5.74, 6) is -0.698. The summed E-state index contributed by atoms with van der Waals surface area (Å²) >= 11 is 0. The molecule has 0 spiro atoms. The Kier molecular flexibility index (Phi) is 8.63. The molecular weight excluding hydrogens is 548 g/mol. The lowest BCUT2D eigenvalue weighted by Crippen LogP contribution is -2.45. The fourth-order valence-corrected chi connectivity index (χ4v) is 4.97. The van der Waals surface area contributed by atoms with Crippen LogP contribution in [-0.2, 0) is 15.4 Å². The Hall–Kier alpha value is -4.04. The van der Waals surface area contributed by atoms with E-state index >= 15 is 0 Å². The third-order valence-electron chi connectivity index (χ3n) is 6.61. The van der Waals surface area contributed by atoms with Gasteiger partial charge in [0.25, 0.3) is 11.8 Å². The topological polar surface area (TPSA) is 160 Å². The number of nitrogens with one attached hydrogen (secondary N) is 3. The molecule has 3 aromatic rings. The number of pyridine rings is 1. The van der Waals surface area contributed by atoms with E-state index in [1.165, 1.54) is 24.2 Å². The van der Waals surface area contributed by atoms with Crippen LogP contribution in [0, 0.1) is 6.92 Å². The Labute approximate surface area is 239 Å². The molecule has 2 aromatic heterocycles. The van der Waals surface area contributed by atoms with E-state index in [9.17, 15) is 18.0 Å². The number of ether oxygens (including phenoxy) is 1. The van der Waals surface area contributed by atoms with Crippen LogP contribution in [0.3, 0.4) is 0 Å². The number of carbonyl (C=O) groups is 2. The van der Waals surface area contributed by atoms with Gasteiger partial charge in [0.1, 0.15) is 0 Å². The van der Waals surface area contributed by atoms with Crippen molar-refractivity contribution in [1.82, 2.24) is 30.4 Å². The van der Waals surface area contributed by atoms with E-state index in [1.807, 2.05) is 25.8 Å². The first-order valence-electron chi connectivity index (χ1n) is 13.2. The quantitative estimate of drug-likeness (QED) is 0.361. The fourth-order valence-electron chi connectivity index (χ4n) is 4.41. The van der Waals surface area contributed by atoms with Crippen molar-refractivity contribution in [1.29, 1.82) is 0 Å². The monoisotopic (exact) mass is 584 g/mol. The third-order valence-corrected chi connectivity index (χ3v) is 7.20. The molecule has 0 atom stereocenters. The molecule has 41 heavy (non-hydrogen) atoms. The molecule has 3 N–H and O–H groups in total. The number of aryl methyl sites for hydroxylation is 1. The number of hydrazine groups is 1. The second-order valence-corrected chi connectivity index (χ2v) is 12.8. The minimum atomic E-state index is -3.62. The fraction of sp³-hybridized carbons (Fsp3) is 0.444. The molecular formula is C27H36N8O5S. The van der Waals surface area contributed by atoms with E-state index in [0.29, 0.717) is 11.4 Å². The number of methoxy groups -OCH3 is 1. The number of carbonyl (C=O) groups excluding carboxylic acids is 2. The smallest absolute Gasteiger partial charge is 0.287 e. The number of piperidine rings is 1. The summed E-state index contributed by atoms with van der Waals surface area (Å²) in [6.45, 7) is 9.25. The van der Waals surface area contributed by atoms with Crippen molar-refractivity contribution in [3.8, 4) is 11.4 Å². The Balaban J connectivity index is 1.61. The summed E-state index contributed by atoms with van der Waals surface area (Å²) in [4.78, 5) is 30.4. The largest absolute Gasteiger partial charge is 0.492 e. The summed E-state index contributed by atoms with van der Waals surface area (Å²) in [5, 5.41) is 12.8. The molecule has 1 aromatic carbocycles. The number of hydrogen-bond donors (Lipinski definition) is 3. The van der Waals surface area contributed by atoms with Crippen molar-refractivity contribution >= 4 is 33.2 Å². The molecule has 0 aliphatic carbocycles. The zero-order chi connectivity index (χ0) is 29.9. The number of nitrogens with zero attached hydrogens (tertiary/aromatic N) is 5. The lowest BCUT2D eigenvalue weighted by Gasteiger charge is -2.26. The molecule has 1 fully saturated rings. The standard InChI is InChI=1S/C27H36N8O5S/c1-17-23(35-16-22(30-33-35)26(37)31-34-10-8-7-9-11-34)12-18(15-28-17)25(36)29-20-13-19(27(2,3)4)14-21(24(20)40-5)32-41(6,38)39/h12-16,32H,7-11H2,1-6H3,(H,29,36)(H,31,37). The van der Waals surface area contributed by atoms with E-state index in [-0.39, 0.29) is 39.7 Å². The number of rotatable bonds is 8. The van der Waals surface area contributed by atoms with Crippen LogP contribution in [0.1, 0.15) is 72.1 Å². The predicted octanol–water partition coefficient (Wildman–Crippen LogP) is 3.03. The Bertz CT molecular complexity index is 1560. The van der Waals surface area contributed by atoms with Crippen molar-refractivity contribution < 1.29 is 22.7 Å². The Morgan fingerprint density at radius 3 is 2.34 bits per heavy atom. The zero-order valence-corrected chi connectivity index (χ0v) is 24.9. The number of benzene rings is 1. The van der Waals surface area contributed by atoms with Crippen molar-refractivity contribution in [2.75, 3.05) is 36.5 Å². The van der Waals surface area contributed by atoms with Crippen LogP contribution in [0.15, 0.2) is 30.6 Å². The van der Waals surface area contributed by atoms with Crippen LogP contribution in [0.2, 0.25) is 0 Å². The van der Waals surface area contributed by atoms with Gasteiger partial charge in [-0.2, -0.15) is 0 Å². The van der Waals surface area contributed by atoms with Gasteiger partial charge in [-0.25, -0.2) is 18.1 Å². The van der Waals surface area contributed by atoms with Gasteiger partial charge in [0.2, 0.25) is 10.0 Å². The maximum absolute atomic E-state index is 13.4. The molecule has 2 amide bonds. The van der Waals surface area contributed by atoms with E-state index in [0.717, 1.165) is 44.2 Å². The van der Waals surface area contributed by atoms with Gasteiger partial charge >= 0.3 is 0 Å². The van der Waals surface area contributed by atoms with Gasteiger partial charge in [0, 0.05) is 19.3 Å². The molecule has 13 nitrogen and oxygen atoms in total. The summed E-state index contributed by atoms with van der Waals surface area (Å²) in [7, 11) is -2.23. The lowest BCUT2D eigenvalue weighted by molar-refractivity contribution is 0.0744. The minimum absolute atomic E-state index is 0.138. The molecule has 4 rings (SSSR count). The normalized spacial score (nSPS) is 14.4. The number of aromatic nitrogens is 4. The van der Waals surface area contributed by atoms with Gasteiger partial charge < -0.3 is 10.1 Å². The Morgan fingerprint density at radius 1 is 1.02 bits per heavy atom. The van der Waals surface area contributed by atoms with Crippen molar-refractivity contribution in [3.05, 3.63) is 53.1 Å². The number of anilines is 2. The number of hydrogen-bond acceptors (Lipinski definition) is 9. The van der Waals surface area contributed by atoms with Crippen LogP contribution < -0.4 is 20.2 Å². The number of sulfonamides is 1. The van der Waals surface area contributed by atoms with Crippen LogP contribution in [0.25, 0.3) is 5.69 Å². The molecule has 0 saturated carbocycles. The predicted molar refractivity (Wildman–Crippen MR) is 155 cm³/mol. The average molecular weight is 585 g/mol. The summed E-state index contributed by atoms with van der Waals surface area (Å²) in [5.41, 5.74) is 5.16. The van der Waals surface area contributed by atoms with Gasteiger partial charge in [-0.05, 0) is 48.9 Å². The average Bonchev–Trinajstić information content (AvgIpc) is 3.38. The first-order chi connectivity index (χ1) is 19.2. The minimum Gasteiger partial charge on any atom is -0.492 e. The first kappa shape index (κ1) is 29.9. The van der Waals surface area contributed by atoms with Crippen LogP contribution in [-0.4, -0.2) is 71.7 Å². The molecule has 0 bridgehead atoms. The van der Waals surface area contributed by atoms with Gasteiger partial charge in [-0.15, -0.1) is 5.10 Å². The highest BCUT2D eigenvalue weighted by atomic mass is 32.2. The molecule has 220 valence electrons. The van der Waals surface area contributed by atoms with Crippen LogP contribution in [0.4, 0.5) is 11.4 Å². The lowest BCUT2D eigenvalue weighted by atomic mass is 9.86. The van der Waals surface area contributed by atoms with E-state index in [2.05, 4.69) is 30.8 Å². The van der Waals surface area contributed by atoms with Crippen molar-refractivity contribution in [2.24, 2.45) is 0 Å². The first-order valence-corrected chi connectivity index (χ1v) is 15.1. The maximum Gasteiger partial charge on any atom is 0.287 e. The van der Waals surface area contributed by atoms with Crippen LogP contribution >= 0.6 is 0 Å². The molecule has 1 aliphatic heterocycles. The molecule has 3 heterocycles. The van der Waals surface area contributed by atoms with Gasteiger partial charge in [-0.1, -0.05) is 32.4 Å². The highest BCUT2D eigenvalue weighted by Gasteiger charge is 2.23. The summed E-state index contributed by atoms with van der Waals surface area (Å²) in [6, 6.07) is 5.02. The van der Waals surface area contributed by atoms with E-state index < -0.39 is 15.9 Å². The second kappa shape index (κ2) is 11.8. The van der Waals surface area contributed by atoms with Crippen LogP contribution in [0.5, 0.6) is 5.75 Å². The SMILES string of the molecule is COc1c(NC(=O)c2cnc(C)c(-n3cc(C(=O)NN4CCCCC4)nn3)c2)cc(C(C)(C)C)cc1NS(C)(=O)=O. The molecule has 14 heteroatoms. The highest BCUT2D eigenvalue weighted by Crippen LogP contribution is 2.39. The third kappa shape index (κ3) is 7.38. The van der Waals surface area contributed by atoms with Gasteiger partial charge in [-0.3, -0.25) is 24.7 Å². The maximum atomic E-state index is 13.4. The molecule has 1 saturated heterocycles. The van der Waals surface area contributed by atoms with E-state index in [4.69, 9.17) is 4.74 Å².